The summed E-state index contributed by atoms with van der Waals surface area (Å²) in [6.07, 6.45) is 0.135. The summed E-state index contributed by atoms with van der Waals surface area (Å²) in [5, 5.41) is 9.39. The molecular formula is C9H14O3. The van der Waals surface area contributed by atoms with Crippen molar-refractivity contribution in [3.05, 3.63) is 0 Å². The molecule has 0 aromatic rings. The van der Waals surface area contributed by atoms with Crippen molar-refractivity contribution in [1.82, 2.24) is 0 Å². The third-order valence-electron chi connectivity index (χ3n) is 2.63. The van der Waals surface area contributed by atoms with E-state index in [1.54, 1.807) is 6.92 Å². The number of carbonyl (C=O) groups excluding carboxylic acids is 2. The molecule has 0 aromatic carbocycles. The molecular weight excluding hydrogens is 156 g/mol. The molecule has 1 fully saturated rings. The van der Waals surface area contributed by atoms with Gasteiger partial charge in [0, 0.05) is 18.3 Å². The number of Topliss-reactive ketones (excluding diaryl/α,β-unsaturated/α-hetero) is 2. The Labute approximate surface area is 71.8 Å². The molecule has 1 rings (SSSR count). The second-order valence-corrected chi connectivity index (χ2v) is 3.57. The first-order chi connectivity index (χ1) is 5.52. The second-order valence-electron chi connectivity index (χ2n) is 3.57. The molecule has 1 aliphatic rings. The first kappa shape index (κ1) is 9.39. The Morgan fingerprint density at radius 3 is 2.58 bits per heavy atom. The van der Waals surface area contributed by atoms with Crippen LogP contribution in [0.5, 0.6) is 0 Å². The summed E-state index contributed by atoms with van der Waals surface area (Å²) < 4.78 is 0. The van der Waals surface area contributed by atoms with Crippen molar-refractivity contribution in [3.63, 3.8) is 0 Å². The zero-order valence-electron chi connectivity index (χ0n) is 7.41. The number of hydrogen-bond donors (Lipinski definition) is 1. The average Bonchev–Trinajstić information content (AvgIpc) is 1.99. The van der Waals surface area contributed by atoms with Crippen molar-refractivity contribution in [2.24, 2.45) is 11.8 Å². The zero-order valence-corrected chi connectivity index (χ0v) is 7.41. The van der Waals surface area contributed by atoms with Crippen LogP contribution in [0.2, 0.25) is 0 Å². The number of carbonyl (C=O) groups is 2. The minimum Gasteiger partial charge on any atom is -0.392 e. The van der Waals surface area contributed by atoms with Crippen LogP contribution >= 0.6 is 0 Å². The molecule has 68 valence electrons. The van der Waals surface area contributed by atoms with Gasteiger partial charge in [0.2, 0.25) is 0 Å². The van der Waals surface area contributed by atoms with Crippen molar-refractivity contribution in [1.29, 1.82) is 0 Å². The second kappa shape index (κ2) is 3.35. The first-order valence-corrected chi connectivity index (χ1v) is 4.23. The van der Waals surface area contributed by atoms with Gasteiger partial charge in [-0.25, -0.2) is 0 Å². The zero-order chi connectivity index (χ0) is 9.30. The van der Waals surface area contributed by atoms with E-state index in [9.17, 15) is 14.7 Å². The van der Waals surface area contributed by atoms with Gasteiger partial charge in [0.1, 0.15) is 11.6 Å². The lowest BCUT2D eigenvalue weighted by molar-refractivity contribution is -0.136. The largest absolute Gasteiger partial charge is 0.392 e. The van der Waals surface area contributed by atoms with Crippen molar-refractivity contribution in [2.75, 3.05) is 0 Å². The maximum absolute atomic E-state index is 11.2. The van der Waals surface area contributed by atoms with Crippen LogP contribution in [0, 0.1) is 11.8 Å². The summed E-state index contributed by atoms with van der Waals surface area (Å²) in [6, 6.07) is 0. The third kappa shape index (κ3) is 1.72. The molecule has 0 amide bonds. The quantitative estimate of drug-likeness (QED) is 0.625. The van der Waals surface area contributed by atoms with Crippen LogP contribution in [0.4, 0.5) is 0 Å². The summed E-state index contributed by atoms with van der Waals surface area (Å²) in [7, 11) is 0. The molecule has 0 radical (unpaired) electrons. The molecule has 0 unspecified atom stereocenters. The van der Waals surface area contributed by atoms with E-state index in [0.717, 1.165) is 0 Å². The van der Waals surface area contributed by atoms with Crippen molar-refractivity contribution >= 4 is 11.6 Å². The first-order valence-electron chi connectivity index (χ1n) is 4.23. The highest BCUT2D eigenvalue weighted by molar-refractivity contribution is 5.89. The third-order valence-corrected chi connectivity index (χ3v) is 2.63. The lowest BCUT2D eigenvalue weighted by atomic mass is 9.78. The minimum absolute atomic E-state index is 0.00829. The summed E-state index contributed by atoms with van der Waals surface area (Å²) >= 11 is 0. The summed E-state index contributed by atoms with van der Waals surface area (Å²) in [4.78, 5) is 22.1. The molecule has 3 atom stereocenters. The van der Waals surface area contributed by atoms with Crippen molar-refractivity contribution in [2.45, 2.75) is 32.8 Å². The van der Waals surface area contributed by atoms with Gasteiger partial charge in [-0.3, -0.25) is 9.59 Å². The fourth-order valence-corrected chi connectivity index (χ4v) is 1.53. The van der Waals surface area contributed by atoms with Gasteiger partial charge in [0.25, 0.3) is 0 Å². The summed E-state index contributed by atoms with van der Waals surface area (Å²) in [6.45, 7) is 3.18. The standard InChI is InChI=1S/C9H14O3/c1-5-8(11)3-7(6(2)10)4-9(5)12/h5,7-8,11H,3-4H2,1-2H3/t5-,7-,8-/m1/s1. The molecule has 1 N–H and O–H groups in total. The maximum Gasteiger partial charge on any atom is 0.138 e. The Balaban J connectivity index is 2.66. The lowest BCUT2D eigenvalue weighted by Gasteiger charge is -2.28. The Bertz CT molecular complexity index is 210. The molecule has 3 nitrogen and oxygen atoms in total. The van der Waals surface area contributed by atoms with Gasteiger partial charge in [-0.05, 0) is 13.3 Å². The monoisotopic (exact) mass is 170 g/mol. The van der Waals surface area contributed by atoms with Gasteiger partial charge < -0.3 is 5.11 Å². The Morgan fingerprint density at radius 1 is 1.58 bits per heavy atom. The van der Waals surface area contributed by atoms with E-state index >= 15 is 0 Å². The SMILES string of the molecule is CC(=O)[C@H]1CC(=O)[C@H](C)[C@H](O)C1. The summed E-state index contributed by atoms with van der Waals surface area (Å²) in [5.74, 6) is -0.521. The van der Waals surface area contributed by atoms with E-state index in [-0.39, 0.29) is 23.4 Å². The van der Waals surface area contributed by atoms with Crippen molar-refractivity contribution < 1.29 is 14.7 Å². The highest BCUT2D eigenvalue weighted by Crippen LogP contribution is 2.26. The number of aliphatic hydroxyl groups excluding tert-OH is 1. The van der Waals surface area contributed by atoms with Crippen LogP contribution in [0.25, 0.3) is 0 Å². The normalized spacial score (nSPS) is 36.6. The smallest absolute Gasteiger partial charge is 0.138 e. The number of rotatable bonds is 1. The van der Waals surface area contributed by atoms with Crippen LogP contribution < -0.4 is 0 Å². The van der Waals surface area contributed by atoms with Crippen molar-refractivity contribution in [3.8, 4) is 0 Å². The van der Waals surface area contributed by atoms with Gasteiger partial charge in [0.15, 0.2) is 0 Å². The van der Waals surface area contributed by atoms with Crippen LogP contribution in [-0.2, 0) is 9.59 Å². The molecule has 0 bridgehead atoms. The van der Waals surface area contributed by atoms with Gasteiger partial charge in [-0.15, -0.1) is 0 Å². The molecule has 0 spiro atoms. The Morgan fingerprint density at radius 2 is 2.17 bits per heavy atom. The fourth-order valence-electron chi connectivity index (χ4n) is 1.53. The highest BCUT2D eigenvalue weighted by atomic mass is 16.3. The van der Waals surface area contributed by atoms with Gasteiger partial charge in [-0.1, -0.05) is 6.92 Å². The van der Waals surface area contributed by atoms with E-state index in [2.05, 4.69) is 0 Å². The predicted octanol–water partition coefficient (Wildman–Crippen LogP) is 0.551. The average molecular weight is 170 g/mol. The van der Waals surface area contributed by atoms with Crippen LogP contribution in [0.1, 0.15) is 26.7 Å². The van der Waals surface area contributed by atoms with Gasteiger partial charge in [-0.2, -0.15) is 0 Å². The van der Waals surface area contributed by atoms with E-state index < -0.39 is 6.10 Å². The molecule has 1 saturated carbocycles. The Kier molecular flexibility index (Phi) is 2.62. The van der Waals surface area contributed by atoms with Crippen LogP contribution in [0.3, 0.4) is 0 Å². The number of aliphatic hydroxyl groups is 1. The Hall–Kier alpha value is -0.700. The van der Waals surface area contributed by atoms with E-state index in [1.807, 2.05) is 0 Å². The molecule has 0 saturated heterocycles. The molecule has 1 aliphatic carbocycles. The van der Waals surface area contributed by atoms with E-state index in [1.165, 1.54) is 6.92 Å². The molecule has 12 heavy (non-hydrogen) atoms. The number of ketones is 2. The van der Waals surface area contributed by atoms with Crippen LogP contribution in [-0.4, -0.2) is 22.8 Å². The number of hydrogen-bond acceptors (Lipinski definition) is 3. The van der Waals surface area contributed by atoms with E-state index in [0.29, 0.717) is 12.8 Å². The fraction of sp³-hybridized carbons (Fsp3) is 0.778. The molecule has 0 aromatic heterocycles. The predicted molar refractivity (Wildman–Crippen MR) is 43.6 cm³/mol. The molecule has 0 aliphatic heterocycles. The van der Waals surface area contributed by atoms with E-state index in [4.69, 9.17) is 0 Å². The molecule has 3 heteroatoms. The lowest BCUT2D eigenvalue weighted by Crippen LogP contribution is -2.37. The summed E-state index contributed by atoms with van der Waals surface area (Å²) in [5.41, 5.74) is 0. The molecule has 0 heterocycles. The maximum atomic E-state index is 11.2. The van der Waals surface area contributed by atoms with Crippen LogP contribution in [0.15, 0.2) is 0 Å². The minimum atomic E-state index is -0.625. The highest BCUT2D eigenvalue weighted by Gasteiger charge is 2.34. The van der Waals surface area contributed by atoms with Gasteiger partial charge >= 0.3 is 0 Å². The topological polar surface area (TPSA) is 54.4 Å². The van der Waals surface area contributed by atoms with Gasteiger partial charge in [0.05, 0.1) is 6.10 Å².